The highest BCUT2D eigenvalue weighted by Gasteiger charge is 2.22. The number of esters is 1. The lowest BCUT2D eigenvalue weighted by Gasteiger charge is -2.28. The monoisotopic (exact) mass is 340 g/mol. The maximum atomic E-state index is 12.6. The van der Waals surface area contributed by atoms with Crippen molar-refractivity contribution in [1.82, 2.24) is 9.80 Å². The number of carbonyl (C=O) groups excluding carboxylic acids is 2. The Bertz CT molecular complexity index is 472. The van der Waals surface area contributed by atoms with E-state index in [-0.39, 0.29) is 17.8 Å². The molecule has 1 rings (SSSR count). The molecule has 0 bridgehead atoms. The van der Waals surface area contributed by atoms with E-state index in [0.717, 1.165) is 24.5 Å². The molecule has 1 aromatic rings. The van der Waals surface area contributed by atoms with Gasteiger partial charge in [0.25, 0.3) is 0 Å². The number of amides is 1. The average Bonchev–Trinajstić information content (AvgIpc) is 3.06. The van der Waals surface area contributed by atoms with E-state index in [1.54, 1.807) is 23.2 Å². The van der Waals surface area contributed by atoms with Gasteiger partial charge in [0.2, 0.25) is 5.91 Å². The number of hydrogen-bond acceptors (Lipinski definition) is 5. The number of rotatable bonds is 10. The van der Waals surface area contributed by atoms with Gasteiger partial charge in [-0.05, 0) is 24.5 Å². The third kappa shape index (κ3) is 6.71. The molecule has 1 atom stereocenters. The van der Waals surface area contributed by atoms with E-state index in [1.807, 2.05) is 17.5 Å². The number of thiophene rings is 1. The summed E-state index contributed by atoms with van der Waals surface area (Å²) in [5.74, 6) is -0.527. The van der Waals surface area contributed by atoms with Crippen LogP contribution in [0.2, 0.25) is 0 Å². The molecule has 1 amide bonds. The highest BCUT2D eigenvalue weighted by molar-refractivity contribution is 7.10. The molecular formula is C17H28N2O3S. The quantitative estimate of drug-likeness (QED) is 0.613. The van der Waals surface area contributed by atoms with Gasteiger partial charge in [0, 0.05) is 24.5 Å². The van der Waals surface area contributed by atoms with Gasteiger partial charge in [-0.25, -0.2) is 0 Å². The molecule has 1 aromatic heterocycles. The molecule has 0 radical (unpaired) electrons. The molecule has 23 heavy (non-hydrogen) atoms. The van der Waals surface area contributed by atoms with E-state index in [1.165, 1.54) is 7.11 Å². The van der Waals surface area contributed by atoms with Crippen LogP contribution in [0.15, 0.2) is 17.5 Å². The summed E-state index contributed by atoms with van der Waals surface area (Å²) >= 11 is 1.58. The Morgan fingerprint density at radius 3 is 2.48 bits per heavy atom. The van der Waals surface area contributed by atoms with Crippen molar-refractivity contribution in [1.29, 1.82) is 0 Å². The second-order valence-electron chi connectivity index (χ2n) is 5.55. The molecule has 0 fully saturated rings. The first-order valence-electron chi connectivity index (χ1n) is 8.12. The molecule has 0 spiro atoms. The van der Waals surface area contributed by atoms with Crippen molar-refractivity contribution in [3.8, 4) is 0 Å². The minimum absolute atomic E-state index is 0.0651. The first kappa shape index (κ1) is 19.6. The Balaban J connectivity index is 2.69. The molecule has 0 aliphatic heterocycles. The third-order valence-corrected chi connectivity index (χ3v) is 4.81. The van der Waals surface area contributed by atoms with Crippen LogP contribution in [0.4, 0.5) is 0 Å². The molecule has 0 aromatic carbocycles. The maximum Gasteiger partial charge on any atom is 0.310 e. The molecule has 0 saturated heterocycles. The lowest BCUT2D eigenvalue weighted by Crippen LogP contribution is -2.42. The summed E-state index contributed by atoms with van der Waals surface area (Å²) in [6, 6.07) is 3.92. The van der Waals surface area contributed by atoms with E-state index in [0.29, 0.717) is 19.5 Å². The molecular weight excluding hydrogens is 312 g/mol. The molecule has 0 aliphatic carbocycles. The van der Waals surface area contributed by atoms with Gasteiger partial charge in [0.05, 0.1) is 19.4 Å². The van der Waals surface area contributed by atoms with E-state index in [9.17, 15) is 9.59 Å². The molecule has 6 heteroatoms. The standard InChI is InChI=1S/C17H28N2O3S/c1-5-18(6-2)9-10-19(13-14(3)17(21)22-4)16(20)12-15-8-7-11-23-15/h7-8,11,14H,5-6,9-10,12-13H2,1-4H3. The summed E-state index contributed by atoms with van der Waals surface area (Å²) in [7, 11) is 1.38. The molecule has 0 saturated carbocycles. The second kappa shape index (κ2) is 10.4. The average molecular weight is 340 g/mol. The molecule has 130 valence electrons. The van der Waals surface area contributed by atoms with E-state index in [2.05, 4.69) is 18.7 Å². The summed E-state index contributed by atoms with van der Waals surface area (Å²) < 4.78 is 4.78. The van der Waals surface area contributed by atoms with Crippen molar-refractivity contribution in [2.75, 3.05) is 39.8 Å². The zero-order valence-corrected chi connectivity index (χ0v) is 15.4. The van der Waals surface area contributed by atoms with Gasteiger partial charge in [0.1, 0.15) is 0 Å². The normalized spacial score (nSPS) is 12.2. The number of nitrogens with zero attached hydrogens (tertiary/aromatic N) is 2. The Labute approximate surface area is 143 Å². The summed E-state index contributed by atoms with van der Waals surface area (Å²) in [6.45, 7) is 9.78. The van der Waals surface area contributed by atoms with Crippen LogP contribution >= 0.6 is 11.3 Å². The smallest absolute Gasteiger partial charge is 0.310 e. The minimum Gasteiger partial charge on any atom is -0.469 e. The largest absolute Gasteiger partial charge is 0.469 e. The van der Waals surface area contributed by atoms with Gasteiger partial charge < -0.3 is 14.5 Å². The zero-order chi connectivity index (χ0) is 17.2. The molecule has 1 heterocycles. The van der Waals surface area contributed by atoms with Crippen molar-refractivity contribution < 1.29 is 14.3 Å². The Morgan fingerprint density at radius 1 is 1.26 bits per heavy atom. The van der Waals surface area contributed by atoms with Gasteiger partial charge in [-0.2, -0.15) is 0 Å². The Kier molecular flexibility index (Phi) is 8.87. The van der Waals surface area contributed by atoms with Gasteiger partial charge in [-0.1, -0.05) is 26.8 Å². The van der Waals surface area contributed by atoms with Gasteiger partial charge in [-0.3, -0.25) is 9.59 Å². The van der Waals surface area contributed by atoms with E-state index >= 15 is 0 Å². The topological polar surface area (TPSA) is 49.9 Å². The van der Waals surface area contributed by atoms with Crippen LogP contribution in [0, 0.1) is 5.92 Å². The number of carbonyl (C=O) groups is 2. The van der Waals surface area contributed by atoms with Crippen molar-refractivity contribution in [2.24, 2.45) is 5.92 Å². The molecule has 5 nitrogen and oxygen atoms in total. The van der Waals surface area contributed by atoms with Crippen LogP contribution in [0.25, 0.3) is 0 Å². The highest BCUT2D eigenvalue weighted by atomic mass is 32.1. The highest BCUT2D eigenvalue weighted by Crippen LogP contribution is 2.12. The summed E-state index contributed by atoms with van der Waals surface area (Å²) in [5, 5.41) is 1.97. The Hall–Kier alpha value is -1.40. The maximum absolute atomic E-state index is 12.6. The fourth-order valence-corrected chi connectivity index (χ4v) is 3.10. The first-order chi connectivity index (χ1) is 11.0. The second-order valence-corrected chi connectivity index (χ2v) is 6.58. The SMILES string of the molecule is CCN(CC)CCN(CC(C)C(=O)OC)C(=O)Cc1cccs1. The van der Waals surface area contributed by atoms with Gasteiger partial charge in [0.15, 0.2) is 0 Å². The van der Waals surface area contributed by atoms with Crippen molar-refractivity contribution >= 4 is 23.2 Å². The lowest BCUT2D eigenvalue weighted by atomic mass is 10.1. The first-order valence-corrected chi connectivity index (χ1v) is 9.00. The van der Waals surface area contributed by atoms with Crippen LogP contribution < -0.4 is 0 Å². The molecule has 0 N–H and O–H groups in total. The summed E-state index contributed by atoms with van der Waals surface area (Å²) in [6.07, 6.45) is 0.393. The Morgan fingerprint density at radius 2 is 1.96 bits per heavy atom. The van der Waals surface area contributed by atoms with Crippen LogP contribution in [0.3, 0.4) is 0 Å². The fraction of sp³-hybridized carbons (Fsp3) is 0.647. The fourth-order valence-electron chi connectivity index (χ4n) is 2.40. The predicted molar refractivity (Wildman–Crippen MR) is 93.6 cm³/mol. The number of ether oxygens (including phenoxy) is 1. The predicted octanol–water partition coefficient (Wildman–Crippen LogP) is 2.27. The lowest BCUT2D eigenvalue weighted by molar-refractivity contribution is -0.146. The van der Waals surface area contributed by atoms with Crippen molar-refractivity contribution in [3.05, 3.63) is 22.4 Å². The third-order valence-electron chi connectivity index (χ3n) is 3.94. The van der Waals surface area contributed by atoms with Crippen LogP contribution in [-0.2, 0) is 20.7 Å². The minimum atomic E-state index is -0.316. The van der Waals surface area contributed by atoms with Gasteiger partial charge in [-0.15, -0.1) is 11.3 Å². The summed E-state index contributed by atoms with van der Waals surface area (Å²) in [4.78, 5) is 29.4. The van der Waals surface area contributed by atoms with E-state index < -0.39 is 0 Å². The van der Waals surface area contributed by atoms with Crippen LogP contribution in [0.1, 0.15) is 25.6 Å². The number of methoxy groups -OCH3 is 1. The number of likely N-dealkylation sites (N-methyl/N-ethyl adjacent to an activating group) is 1. The van der Waals surface area contributed by atoms with Gasteiger partial charge >= 0.3 is 5.97 Å². The molecule has 1 unspecified atom stereocenters. The van der Waals surface area contributed by atoms with Crippen LogP contribution in [0.5, 0.6) is 0 Å². The van der Waals surface area contributed by atoms with E-state index in [4.69, 9.17) is 4.74 Å². The molecule has 0 aliphatic rings. The van der Waals surface area contributed by atoms with Crippen molar-refractivity contribution in [3.63, 3.8) is 0 Å². The zero-order valence-electron chi connectivity index (χ0n) is 14.6. The van der Waals surface area contributed by atoms with Crippen molar-refractivity contribution in [2.45, 2.75) is 27.2 Å². The van der Waals surface area contributed by atoms with Crippen LogP contribution in [-0.4, -0.2) is 61.5 Å². The summed E-state index contributed by atoms with van der Waals surface area (Å²) in [5.41, 5.74) is 0. The number of hydrogen-bond donors (Lipinski definition) is 0.